The lowest BCUT2D eigenvalue weighted by Gasteiger charge is -2.13. The Bertz CT molecular complexity index is 858. The van der Waals surface area contributed by atoms with Gasteiger partial charge in [-0.3, -0.25) is 9.59 Å². The predicted molar refractivity (Wildman–Crippen MR) is 115 cm³/mol. The molecule has 7 heteroatoms. The summed E-state index contributed by atoms with van der Waals surface area (Å²) in [5.74, 6) is 0.337. The van der Waals surface area contributed by atoms with Crippen LogP contribution in [0.15, 0.2) is 24.3 Å². The lowest BCUT2D eigenvalue weighted by molar-refractivity contribution is 0.0937. The number of nitrogens with one attached hydrogen (secondary N) is 2. The SMILES string of the molecule is COCCNC(=O)c1c(NC(=O)c2ccc(OC(C)C)cc2)sc2c1CCCC2. The Morgan fingerprint density at radius 3 is 2.52 bits per heavy atom. The summed E-state index contributed by atoms with van der Waals surface area (Å²) >= 11 is 1.52. The number of aryl methyl sites for hydroxylation is 1. The molecular formula is C22H28N2O4S. The lowest BCUT2D eigenvalue weighted by atomic mass is 9.95. The van der Waals surface area contributed by atoms with Gasteiger partial charge >= 0.3 is 0 Å². The molecule has 0 aliphatic heterocycles. The van der Waals surface area contributed by atoms with Crippen LogP contribution in [0.1, 0.15) is 57.8 Å². The minimum Gasteiger partial charge on any atom is -0.491 e. The van der Waals surface area contributed by atoms with E-state index in [0.29, 0.717) is 29.3 Å². The number of anilines is 1. The van der Waals surface area contributed by atoms with Gasteiger partial charge in [0, 0.05) is 24.1 Å². The highest BCUT2D eigenvalue weighted by molar-refractivity contribution is 7.17. The molecule has 1 aromatic heterocycles. The number of methoxy groups -OCH3 is 1. The van der Waals surface area contributed by atoms with Crippen molar-refractivity contribution >= 4 is 28.2 Å². The van der Waals surface area contributed by atoms with Crippen molar-refractivity contribution in [3.63, 3.8) is 0 Å². The van der Waals surface area contributed by atoms with Gasteiger partial charge < -0.3 is 20.1 Å². The van der Waals surface area contributed by atoms with Crippen molar-refractivity contribution in [3.05, 3.63) is 45.8 Å². The molecular weight excluding hydrogens is 388 g/mol. The molecule has 1 aliphatic carbocycles. The van der Waals surface area contributed by atoms with Crippen LogP contribution >= 0.6 is 11.3 Å². The summed E-state index contributed by atoms with van der Waals surface area (Å²) in [6.07, 6.45) is 4.08. The maximum atomic E-state index is 12.8. The number of thiophene rings is 1. The maximum absolute atomic E-state index is 12.8. The molecule has 0 radical (unpaired) electrons. The number of carbonyl (C=O) groups is 2. The van der Waals surface area contributed by atoms with Crippen LogP contribution in [0.25, 0.3) is 0 Å². The first-order valence-corrected chi connectivity index (χ1v) is 10.8. The van der Waals surface area contributed by atoms with Crippen molar-refractivity contribution < 1.29 is 19.1 Å². The maximum Gasteiger partial charge on any atom is 0.256 e. The van der Waals surface area contributed by atoms with Crippen LogP contribution in [0.5, 0.6) is 5.75 Å². The highest BCUT2D eigenvalue weighted by Gasteiger charge is 2.26. The smallest absolute Gasteiger partial charge is 0.256 e. The fourth-order valence-corrected chi connectivity index (χ4v) is 4.66. The zero-order chi connectivity index (χ0) is 20.8. The second-order valence-corrected chi connectivity index (χ2v) is 8.41. The van der Waals surface area contributed by atoms with Gasteiger partial charge in [-0.05, 0) is 69.4 Å². The minimum atomic E-state index is -0.231. The van der Waals surface area contributed by atoms with Crippen molar-refractivity contribution in [2.75, 3.05) is 25.6 Å². The Morgan fingerprint density at radius 2 is 1.83 bits per heavy atom. The van der Waals surface area contributed by atoms with E-state index in [1.165, 1.54) is 16.2 Å². The van der Waals surface area contributed by atoms with Crippen LogP contribution in [0.4, 0.5) is 5.00 Å². The first kappa shape index (κ1) is 21.3. The highest BCUT2D eigenvalue weighted by atomic mass is 32.1. The standard InChI is InChI=1S/C22H28N2O4S/c1-14(2)28-16-10-8-15(9-11-16)20(25)24-22-19(21(26)23-12-13-27-3)17-6-4-5-7-18(17)29-22/h8-11,14H,4-7,12-13H2,1-3H3,(H,23,26)(H,24,25). The molecule has 1 heterocycles. The van der Waals surface area contributed by atoms with Crippen LogP contribution in [0, 0.1) is 0 Å². The van der Waals surface area contributed by atoms with E-state index in [4.69, 9.17) is 9.47 Å². The van der Waals surface area contributed by atoms with E-state index in [1.54, 1.807) is 31.4 Å². The molecule has 2 amide bonds. The normalized spacial score (nSPS) is 13.1. The summed E-state index contributed by atoms with van der Waals surface area (Å²) in [6, 6.07) is 7.04. The van der Waals surface area contributed by atoms with Crippen molar-refractivity contribution in [3.8, 4) is 5.75 Å². The summed E-state index contributed by atoms with van der Waals surface area (Å²) < 4.78 is 10.6. The number of amides is 2. The fourth-order valence-electron chi connectivity index (χ4n) is 3.38. The average Bonchev–Trinajstić information content (AvgIpc) is 3.06. The Labute approximate surface area is 175 Å². The number of benzene rings is 1. The summed E-state index contributed by atoms with van der Waals surface area (Å²) in [5, 5.41) is 6.48. The van der Waals surface area contributed by atoms with Crippen LogP contribution in [0.2, 0.25) is 0 Å². The molecule has 1 aliphatic rings. The number of ether oxygens (including phenoxy) is 2. The Morgan fingerprint density at radius 1 is 1.10 bits per heavy atom. The van der Waals surface area contributed by atoms with E-state index in [2.05, 4.69) is 10.6 Å². The summed E-state index contributed by atoms with van der Waals surface area (Å²) in [6.45, 7) is 4.80. The van der Waals surface area contributed by atoms with Crippen LogP contribution in [-0.2, 0) is 17.6 Å². The second-order valence-electron chi connectivity index (χ2n) is 7.31. The molecule has 0 spiro atoms. The van der Waals surface area contributed by atoms with E-state index in [-0.39, 0.29) is 17.9 Å². The summed E-state index contributed by atoms with van der Waals surface area (Å²) in [7, 11) is 1.60. The zero-order valence-electron chi connectivity index (χ0n) is 17.2. The third-order valence-electron chi connectivity index (χ3n) is 4.71. The van der Waals surface area contributed by atoms with Gasteiger partial charge in [0.25, 0.3) is 11.8 Å². The van der Waals surface area contributed by atoms with Crippen molar-refractivity contribution in [1.82, 2.24) is 5.32 Å². The molecule has 29 heavy (non-hydrogen) atoms. The van der Waals surface area contributed by atoms with Gasteiger partial charge in [-0.25, -0.2) is 0 Å². The zero-order valence-corrected chi connectivity index (χ0v) is 18.0. The first-order valence-electron chi connectivity index (χ1n) is 9.99. The predicted octanol–water partition coefficient (Wildman–Crippen LogP) is 4.04. The molecule has 3 rings (SSSR count). The largest absolute Gasteiger partial charge is 0.491 e. The van der Waals surface area contributed by atoms with Crippen LogP contribution in [0.3, 0.4) is 0 Å². The van der Waals surface area contributed by atoms with Crippen molar-refractivity contribution in [2.45, 2.75) is 45.6 Å². The van der Waals surface area contributed by atoms with Gasteiger partial charge in [0.1, 0.15) is 10.8 Å². The number of rotatable bonds is 8. The third-order valence-corrected chi connectivity index (χ3v) is 5.91. The summed E-state index contributed by atoms with van der Waals surface area (Å²) in [5.41, 5.74) is 2.21. The molecule has 0 unspecified atom stereocenters. The van der Waals surface area contributed by atoms with E-state index >= 15 is 0 Å². The van der Waals surface area contributed by atoms with Crippen LogP contribution < -0.4 is 15.4 Å². The molecule has 2 N–H and O–H groups in total. The Balaban J connectivity index is 1.79. The quantitative estimate of drug-likeness (QED) is 0.637. The van der Waals surface area contributed by atoms with Gasteiger partial charge in [-0.1, -0.05) is 0 Å². The molecule has 1 aromatic carbocycles. The number of hydrogen-bond acceptors (Lipinski definition) is 5. The van der Waals surface area contributed by atoms with Gasteiger partial charge in [-0.2, -0.15) is 0 Å². The Hall–Kier alpha value is -2.38. The minimum absolute atomic E-state index is 0.0753. The van der Waals surface area contributed by atoms with E-state index in [9.17, 15) is 9.59 Å². The average molecular weight is 417 g/mol. The highest BCUT2D eigenvalue weighted by Crippen LogP contribution is 2.38. The molecule has 0 bridgehead atoms. The second kappa shape index (κ2) is 9.89. The monoisotopic (exact) mass is 416 g/mol. The number of fused-ring (bicyclic) bond motifs is 1. The van der Waals surface area contributed by atoms with Crippen molar-refractivity contribution in [2.24, 2.45) is 0 Å². The molecule has 0 fully saturated rings. The first-order chi connectivity index (χ1) is 14.0. The lowest BCUT2D eigenvalue weighted by Crippen LogP contribution is -2.28. The Kier molecular flexibility index (Phi) is 7.28. The van der Waals surface area contributed by atoms with Gasteiger partial charge in [0.15, 0.2) is 0 Å². The van der Waals surface area contributed by atoms with Gasteiger partial charge in [0.2, 0.25) is 0 Å². The molecule has 0 saturated heterocycles. The van der Waals surface area contributed by atoms with E-state index in [1.807, 2.05) is 13.8 Å². The van der Waals surface area contributed by atoms with E-state index < -0.39 is 0 Å². The number of carbonyl (C=O) groups excluding carboxylic acids is 2. The van der Waals surface area contributed by atoms with Gasteiger partial charge in [-0.15, -0.1) is 11.3 Å². The van der Waals surface area contributed by atoms with E-state index in [0.717, 1.165) is 37.0 Å². The molecule has 0 atom stereocenters. The molecule has 6 nitrogen and oxygen atoms in total. The van der Waals surface area contributed by atoms with Gasteiger partial charge in [0.05, 0.1) is 18.3 Å². The summed E-state index contributed by atoms with van der Waals surface area (Å²) in [4.78, 5) is 26.8. The topological polar surface area (TPSA) is 76.7 Å². The van der Waals surface area contributed by atoms with Crippen molar-refractivity contribution in [1.29, 1.82) is 0 Å². The third kappa shape index (κ3) is 5.36. The molecule has 156 valence electrons. The molecule has 2 aromatic rings. The van der Waals surface area contributed by atoms with Crippen LogP contribution in [-0.4, -0.2) is 38.2 Å². The number of hydrogen-bond donors (Lipinski definition) is 2. The molecule has 0 saturated carbocycles. The fraction of sp³-hybridized carbons (Fsp3) is 0.455.